The Kier molecular flexibility index (Phi) is 25.2. The molecule has 1 nitrogen and oxygen atoms in total. The van der Waals surface area contributed by atoms with Crippen LogP contribution in [0.4, 0.5) is 0 Å². The van der Waals surface area contributed by atoms with Crippen LogP contribution >= 0.6 is 0 Å². The molecule has 0 bridgehead atoms. The van der Waals surface area contributed by atoms with Crippen LogP contribution in [0.15, 0.2) is 0 Å². The van der Waals surface area contributed by atoms with Crippen LogP contribution in [-0.4, -0.2) is 6.54 Å². The molecule has 0 aromatic carbocycles. The van der Waals surface area contributed by atoms with E-state index >= 15 is 0 Å². The number of hydrogen-bond donors (Lipinski definition) is 1. The van der Waals surface area contributed by atoms with Crippen LogP contribution < -0.4 is 5.73 Å². The lowest BCUT2D eigenvalue weighted by molar-refractivity contribution is 0.545. The standard InChI is InChI=1S/C27H49N/c1-2-3-4-5-6-7-8-9-10-11-12-13-14-15-16-17-18-19-20-21-22-23-24-25-26-27-28/h2-14,19-28H2,1H3. The van der Waals surface area contributed by atoms with Gasteiger partial charge in [-0.05, 0) is 37.6 Å². The van der Waals surface area contributed by atoms with Crippen molar-refractivity contribution in [2.45, 2.75) is 142 Å². The first-order valence-corrected chi connectivity index (χ1v) is 12.6. The van der Waals surface area contributed by atoms with Gasteiger partial charge in [0.2, 0.25) is 0 Å². The quantitative estimate of drug-likeness (QED) is 0.165. The summed E-state index contributed by atoms with van der Waals surface area (Å²) in [6, 6.07) is 0. The summed E-state index contributed by atoms with van der Waals surface area (Å²) in [6.45, 7) is 3.13. The van der Waals surface area contributed by atoms with Gasteiger partial charge >= 0.3 is 0 Å². The fourth-order valence-electron chi connectivity index (χ4n) is 3.51. The van der Waals surface area contributed by atoms with Crippen LogP contribution in [0.1, 0.15) is 142 Å². The third-order valence-corrected chi connectivity index (χ3v) is 5.40. The van der Waals surface area contributed by atoms with Crippen LogP contribution in [0, 0.1) is 23.7 Å². The Bertz CT molecular complexity index is 403. The van der Waals surface area contributed by atoms with Crippen molar-refractivity contribution in [1.82, 2.24) is 0 Å². The van der Waals surface area contributed by atoms with E-state index in [4.69, 9.17) is 5.73 Å². The van der Waals surface area contributed by atoms with Crippen LogP contribution in [0.3, 0.4) is 0 Å². The first-order chi connectivity index (χ1) is 13.9. The van der Waals surface area contributed by atoms with Crippen LogP contribution in [0.2, 0.25) is 0 Å². The van der Waals surface area contributed by atoms with Gasteiger partial charge < -0.3 is 5.73 Å². The third-order valence-electron chi connectivity index (χ3n) is 5.40. The molecule has 0 aromatic heterocycles. The Balaban J connectivity index is 3.20. The zero-order valence-electron chi connectivity index (χ0n) is 19.1. The van der Waals surface area contributed by atoms with E-state index in [1.54, 1.807) is 0 Å². The van der Waals surface area contributed by atoms with Gasteiger partial charge in [0.25, 0.3) is 0 Å². The maximum atomic E-state index is 5.50. The molecule has 0 fully saturated rings. The van der Waals surface area contributed by atoms with E-state index in [9.17, 15) is 0 Å². The predicted octanol–water partition coefficient (Wildman–Crippen LogP) is 8.16. The number of hydrogen-bond acceptors (Lipinski definition) is 1. The van der Waals surface area contributed by atoms with E-state index in [2.05, 4.69) is 30.6 Å². The monoisotopic (exact) mass is 387 g/mol. The fraction of sp³-hybridized carbons (Fsp3) is 0.852. The second kappa shape index (κ2) is 26.1. The molecule has 0 radical (unpaired) electrons. The SMILES string of the molecule is CCCCCCCCCCCCCCC#CC#CCCCCCCCCCN. The Morgan fingerprint density at radius 1 is 0.429 bits per heavy atom. The van der Waals surface area contributed by atoms with Gasteiger partial charge in [-0.25, -0.2) is 0 Å². The molecule has 0 unspecified atom stereocenters. The van der Waals surface area contributed by atoms with Crippen LogP contribution in [-0.2, 0) is 0 Å². The summed E-state index contributed by atoms with van der Waals surface area (Å²) in [6.07, 6.45) is 27.9. The largest absolute Gasteiger partial charge is 0.330 e. The topological polar surface area (TPSA) is 26.0 Å². The highest BCUT2D eigenvalue weighted by Crippen LogP contribution is 2.12. The third kappa shape index (κ3) is 25.1. The molecule has 0 saturated heterocycles. The molecule has 0 aliphatic heterocycles. The van der Waals surface area contributed by atoms with E-state index < -0.39 is 0 Å². The molecule has 0 aliphatic rings. The minimum absolute atomic E-state index is 0.843. The summed E-state index contributed by atoms with van der Waals surface area (Å²) in [5, 5.41) is 0. The highest BCUT2D eigenvalue weighted by molar-refractivity contribution is 5.25. The van der Waals surface area contributed by atoms with Gasteiger partial charge in [0.05, 0.1) is 0 Å². The lowest BCUT2D eigenvalue weighted by Crippen LogP contribution is -1.97. The number of nitrogens with two attached hydrogens (primary N) is 1. The van der Waals surface area contributed by atoms with E-state index in [1.165, 1.54) is 122 Å². The second-order valence-electron chi connectivity index (χ2n) is 8.26. The zero-order chi connectivity index (χ0) is 20.4. The van der Waals surface area contributed by atoms with Gasteiger partial charge in [0.1, 0.15) is 0 Å². The highest BCUT2D eigenvalue weighted by atomic mass is 14.5. The molecule has 0 aliphatic carbocycles. The van der Waals surface area contributed by atoms with Crippen molar-refractivity contribution in [1.29, 1.82) is 0 Å². The highest BCUT2D eigenvalue weighted by Gasteiger charge is 1.93. The van der Waals surface area contributed by atoms with Crippen molar-refractivity contribution in [2.75, 3.05) is 6.54 Å². The van der Waals surface area contributed by atoms with Crippen LogP contribution in [0.25, 0.3) is 0 Å². The molecule has 0 heterocycles. The molecular weight excluding hydrogens is 338 g/mol. The first-order valence-electron chi connectivity index (χ1n) is 12.6. The molecule has 2 N–H and O–H groups in total. The summed E-state index contributed by atoms with van der Waals surface area (Å²) in [7, 11) is 0. The molecule has 0 saturated carbocycles. The zero-order valence-corrected chi connectivity index (χ0v) is 19.1. The van der Waals surface area contributed by atoms with Crippen molar-refractivity contribution in [3.05, 3.63) is 0 Å². The summed E-state index contributed by atoms with van der Waals surface area (Å²) >= 11 is 0. The smallest absolute Gasteiger partial charge is 0.00989 e. The van der Waals surface area contributed by atoms with Crippen molar-refractivity contribution in [2.24, 2.45) is 5.73 Å². The predicted molar refractivity (Wildman–Crippen MR) is 127 cm³/mol. The molecule has 0 spiro atoms. The van der Waals surface area contributed by atoms with Gasteiger partial charge in [-0.3, -0.25) is 0 Å². The summed E-state index contributed by atoms with van der Waals surface area (Å²) in [4.78, 5) is 0. The van der Waals surface area contributed by atoms with Crippen molar-refractivity contribution in [3.63, 3.8) is 0 Å². The molecule has 28 heavy (non-hydrogen) atoms. The van der Waals surface area contributed by atoms with Gasteiger partial charge in [0.15, 0.2) is 0 Å². The van der Waals surface area contributed by atoms with Gasteiger partial charge in [-0.2, -0.15) is 0 Å². The maximum absolute atomic E-state index is 5.50. The molecule has 0 amide bonds. The number of unbranched alkanes of at least 4 members (excludes halogenated alkanes) is 19. The molecule has 0 aromatic rings. The minimum Gasteiger partial charge on any atom is -0.330 e. The van der Waals surface area contributed by atoms with E-state index in [0.29, 0.717) is 0 Å². The van der Waals surface area contributed by atoms with E-state index in [0.717, 1.165) is 19.4 Å². The summed E-state index contributed by atoms with van der Waals surface area (Å²) in [5.74, 6) is 12.5. The molecule has 0 atom stereocenters. The molecular formula is C27H49N. The normalized spacial score (nSPS) is 10.2. The maximum Gasteiger partial charge on any atom is 0.00989 e. The van der Waals surface area contributed by atoms with E-state index in [1.807, 2.05) is 0 Å². The van der Waals surface area contributed by atoms with Crippen molar-refractivity contribution in [3.8, 4) is 23.7 Å². The summed E-state index contributed by atoms with van der Waals surface area (Å²) in [5.41, 5.74) is 5.50. The lowest BCUT2D eigenvalue weighted by atomic mass is 10.0. The Morgan fingerprint density at radius 3 is 1.11 bits per heavy atom. The lowest BCUT2D eigenvalue weighted by Gasteiger charge is -2.01. The first kappa shape index (κ1) is 27.1. The van der Waals surface area contributed by atoms with Gasteiger partial charge in [-0.15, -0.1) is 0 Å². The minimum atomic E-state index is 0.843. The van der Waals surface area contributed by atoms with Crippen molar-refractivity contribution >= 4 is 0 Å². The number of rotatable bonds is 20. The van der Waals surface area contributed by atoms with Gasteiger partial charge in [0, 0.05) is 12.8 Å². The van der Waals surface area contributed by atoms with Gasteiger partial charge in [-0.1, -0.05) is 121 Å². The molecule has 162 valence electrons. The Hall–Kier alpha value is -0.920. The fourth-order valence-corrected chi connectivity index (χ4v) is 3.51. The second-order valence-corrected chi connectivity index (χ2v) is 8.26. The van der Waals surface area contributed by atoms with E-state index in [-0.39, 0.29) is 0 Å². The van der Waals surface area contributed by atoms with Crippen molar-refractivity contribution < 1.29 is 0 Å². The average molecular weight is 388 g/mol. The summed E-state index contributed by atoms with van der Waals surface area (Å²) < 4.78 is 0. The van der Waals surface area contributed by atoms with Crippen LogP contribution in [0.5, 0.6) is 0 Å². The average Bonchev–Trinajstić information content (AvgIpc) is 2.71. The molecule has 1 heteroatoms. The molecule has 0 rings (SSSR count). The Morgan fingerprint density at radius 2 is 0.750 bits per heavy atom. The Labute approximate surface area is 178 Å².